The molecule has 0 unspecified atom stereocenters. The Morgan fingerprint density at radius 1 is 0.870 bits per heavy atom. The summed E-state index contributed by atoms with van der Waals surface area (Å²) < 4.78 is 46.7. The number of aromatic nitrogens is 4. The summed E-state index contributed by atoms with van der Waals surface area (Å²) >= 11 is -0.253. The number of benzene rings is 4. The zero-order valence-corrected chi connectivity index (χ0v) is 32.8. The Kier molecular flexibility index (Phi) is 11.3. The van der Waals surface area contributed by atoms with E-state index >= 15 is 0 Å². The molecular weight excluding hydrogens is 772 g/mol. The molecule has 12 nitrogen and oxygen atoms in total. The zero-order chi connectivity index (χ0) is 37.7. The van der Waals surface area contributed by atoms with E-state index in [1.54, 1.807) is 56.0 Å². The number of carbonyl (C=O) groups is 1. The van der Waals surface area contributed by atoms with Gasteiger partial charge in [-0.2, -0.15) is 0 Å². The predicted octanol–water partition coefficient (Wildman–Crippen LogP) is 7.35. The maximum absolute atomic E-state index is 13.5. The quantitative estimate of drug-likeness (QED) is 0.0676. The second-order valence-corrected chi connectivity index (χ2v) is 21.2. The third-order valence-electron chi connectivity index (χ3n) is 9.41. The van der Waals surface area contributed by atoms with Crippen LogP contribution in [0.2, 0.25) is 5.82 Å². The third-order valence-corrected chi connectivity index (χ3v) is 15.4. The molecule has 14 heteroatoms. The molecule has 6 aromatic rings. The number of anilines is 1. The van der Waals surface area contributed by atoms with Gasteiger partial charge in [0.1, 0.15) is 0 Å². The van der Waals surface area contributed by atoms with E-state index in [1.165, 1.54) is 6.33 Å². The van der Waals surface area contributed by atoms with Crippen LogP contribution in [0.15, 0.2) is 122 Å². The summed E-state index contributed by atoms with van der Waals surface area (Å²) in [7, 11) is 3.27. The van der Waals surface area contributed by atoms with Crippen LogP contribution >= 0.6 is 6.06 Å². The van der Waals surface area contributed by atoms with Gasteiger partial charge in [0.05, 0.1) is 14.2 Å². The van der Waals surface area contributed by atoms with Crippen molar-refractivity contribution in [3.05, 3.63) is 144 Å². The standard InChI is InChI=1S/C40H40N5O7PSe/c1-48-31-19-15-29(16-20-31)40(28-13-9-6-10-14-28,30-17-21-32(49-2)22-18-30)50-24-34-33(52-53(3,47)54-4)23-35(51-34)45-26-43-36-37(41-25-42-38(36)45)44-39(46)27-11-7-5-8-12-27/h5-22,25-26,33-35H,23-24H2,1-4H3,(H,41,42,44,46)/t33-,34+,35+,53-/m0/s1. The Balaban J connectivity index is 1.24. The monoisotopic (exact) mass is 813 g/mol. The van der Waals surface area contributed by atoms with Gasteiger partial charge in [-0.3, -0.25) is 0 Å². The fraction of sp³-hybridized carbons (Fsp3) is 0.250. The van der Waals surface area contributed by atoms with Gasteiger partial charge in [0, 0.05) is 0 Å². The average Bonchev–Trinajstić information content (AvgIpc) is 3.83. The molecule has 278 valence electrons. The third kappa shape index (κ3) is 7.70. The van der Waals surface area contributed by atoms with E-state index in [4.69, 9.17) is 23.5 Å². The van der Waals surface area contributed by atoms with Crippen molar-refractivity contribution in [1.29, 1.82) is 0 Å². The Morgan fingerprint density at radius 3 is 2.06 bits per heavy atom. The SMILES string of the molecule is COc1ccc(C(OC[C@H]2O[C@@H](n3cnc4c(NC(=O)c5ccccc5)ncnc43)C[C@@H]2O[P@](C)(=O)[Se]C)(c2ccccc2)c2ccc(OC)cc2)cc1. The zero-order valence-electron chi connectivity index (χ0n) is 30.2. The minimum atomic E-state index is -2.92. The second kappa shape index (κ2) is 16.2. The first kappa shape index (κ1) is 37.4. The number of methoxy groups -OCH3 is 2. The number of nitrogens with zero attached hydrogens (tertiary/aromatic N) is 4. The van der Waals surface area contributed by atoms with Gasteiger partial charge in [-0.1, -0.05) is 18.2 Å². The molecule has 0 bridgehead atoms. The fourth-order valence-electron chi connectivity index (χ4n) is 6.63. The van der Waals surface area contributed by atoms with Crippen LogP contribution in [-0.4, -0.2) is 79.6 Å². The number of rotatable bonds is 14. The molecule has 1 amide bonds. The topological polar surface area (TPSA) is 136 Å². The average molecular weight is 813 g/mol. The molecule has 1 aliphatic heterocycles. The number of nitrogens with one attached hydrogen (secondary N) is 1. The fourth-order valence-corrected chi connectivity index (χ4v) is 8.66. The molecule has 0 saturated carbocycles. The van der Waals surface area contributed by atoms with Crippen molar-refractivity contribution in [2.75, 3.05) is 32.8 Å². The van der Waals surface area contributed by atoms with Gasteiger partial charge in [-0.05, 0) is 12.1 Å². The Labute approximate surface area is 319 Å². The van der Waals surface area contributed by atoms with Gasteiger partial charge in [0.25, 0.3) is 0 Å². The molecule has 0 spiro atoms. The Morgan fingerprint density at radius 2 is 1.46 bits per heavy atom. The van der Waals surface area contributed by atoms with Gasteiger partial charge in [-0.25, -0.2) is 0 Å². The Hall–Kier alpha value is -4.87. The van der Waals surface area contributed by atoms with Crippen molar-refractivity contribution in [3.63, 3.8) is 0 Å². The number of hydrogen-bond donors (Lipinski definition) is 1. The molecule has 4 atom stereocenters. The normalized spacial score (nSPS) is 18.3. The number of hydrogen-bond acceptors (Lipinski definition) is 10. The Bertz CT molecular complexity index is 2190. The molecule has 1 N–H and O–H groups in total. The van der Waals surface area contributed by atoms with Crippen LogP contribution in [0, 0.1) is 0 Å². The summed E-state index contributed by atoms with van der Waals surface area (Å²) in [6.45, 7) is 1.74. The summed E-state index contributed by atoms with van der Waals surface area (Å²) in [6, 6.07) is 31.6. The summed E-state index contributed by atoms with van der Waals surface area (Å²) in [6.07, 6.45) is 1.53. The van der Waals surface area contributed by atoms with E-state index in [0.29, 0.717) is 34.6 Å². The van der Waals surface area contributed by atoms with E-state index in [2.05, 4.69) is 20.3 Å². The first-order valence-corrected chi connectivity index (χ1v) is 23.2. The molecule has 0 aliphatic carbocycles. The van der Waals surface area contributed by atoms with Crippen LogP contribution in [-0.2, 0) is 24.2 Å². The molecule has 1 aliphatic rings. The number of ether oxygens (including phenoxy) is 4. The minimum absolute atomic E-state index is 0.0742. The van der Waals surface area contributed by atoms with E-state index in [9.17, 15) is 9.36 Å². The number of imidazole rings is 1. The number of carbonyl (C=O) groups excluding carboxylic acids is 1. The first-order chi connectivity index (χ1) is 26.2. The van der Waals surface area contributed by atoms with E-state index in [-0.39, 0.29) is 32.8 Å². The van der Waals surface area contributed by atoms with Crippen molar-refractivity contribution >= 4 is 43.5 Å². The van der Waals surface area contributed by atoms with Gasteiger partial charge in [0.2, 0.25) is 0 Å². The van der Waals surface area contributed by atoms with E-state index in [0.717, 1.165) is 16.7 Å². The molecule has 54 heavy (non-hydrogen) atoms. The van der Waals surface area contributed by atoms with Gasteiger partial charge >= 0.3 is 276 Å². The van der Waals surface area contributed by atoms with Gasteiger partial charge < -0.3 is 0 Å². The molecule has 3 heterocycles. The molecule has 2 aromatic heterocycles. The number of amides is 1. The summed E-state index contributed by atoms with van der Waals surface area (Å²) in [5.74, 6) is 3.29. The van der Waals surface area contributed by atoms with E-state index < -0.39 is 30.1 Å². The molecule has 1 fully saturated rings. The molecule has 1 saturated heterocycles. The van der Waals surface area contributed by atoms with Crippen LogP contribution in [0.25, 0.3) is 11.2 Å². The van der Waals surface area contributed by atoms with Crippen LogP contribution < -0.4 is 14.8 Å². The maximum atomic E-state index is 13.5. The summed E-state index contributed by atoms with van der Waals surface area (Å²) in [5.41, 5.74) is 2.89. The van der Waals surface area contributed by atoms with Crippen molar-refractivity contribution in [2.45, 2.75) is 36.3 Å². The molecule has 0 radical (unpaired) electrons. The second-order valence-electron chi connectivity index (χ2n) is 12.6. The molecule has 4 aromatic carbocycles. The van der Waals surface area contributed by atoms with Crippen molar-refractivity contribution in [1.82, 2.24) is 19.5 Å². The van der Waals surface area contributed by atoms with Crippen molar-refractivity contribution in [3.8, 4) is 11.5 Å². The predicted molar refractivity (Wildman–Crippen MR) is 207 cm³/mol. The van der Waals surface area contributed by atoms with Crippen LogP contribution in [0.3, 0.4) is 0 Å². The molecule has 7 rings (SSSR count). The van der Waals surface area contributed by atoms with E-state index in [1.807, 2.05) is 90.8 Å². The van der Waals surface area contributed by atoms with Crippen LogP contribution in [0.1, 0.15) is 39.7 Å². The summed E-state index contributed by atoms with van der Waals surface area (Å²) in [4.78, 5) is 26.4. The van der Waals surface area contributed by atoms with Crippen LogP contribution in [0.5, 0.6) is 11.5 Å². The van der Waals surface area contributed by atoms with Crippen LogP contribution in [0.4, 0.5) is 5.82 Å². The van der Waals surface area contributed by atoms with Crippen molar-refractivity contribution in [2.24, 2.45) is 0 Å². The first-order valence-electron chi connectivity index (χ1n) is 17.2. The summed E-state index contributed by atoms with van der Waals surface area (Å²) in [5, 5.41) is 2.86. The number of fused-ring (bicyclic) bond motifs is 1. The van der Waals surface area contributed by atoms with Crippen molar-refractivity contribution < 1.29 is 32.8 Å². The van der Waals surface area contributed by atoms with Gasteiger partial charge in [0.15, 0.2) is 0 Å². The molecular formula is C40H40N5O7PSe. The van der Waals surface area contributed by atoms with Gasteiger partial charge in [-0.15, -0.1) is 0 Å².